The minimum Gasteiger partial charge on any atom is -0.504 e. The van der Waals surface area contributed by atoms with Crippen molar-refractivity contribution in [1.29, 1.82) is 0 Å². The molecule has 0 fully saturated rings. The Hall–Kier alpha value is -3.90. The quantitative estimate of drug-likeness (QED) is 0.347. The van der Waals surface area contributed by atoms with Gasteiger partial charge in [0.2, 0.25) is 5.13 Å². The average molecular weight is 441 g/mol. The molecule has 5 nitrogen and oxygen atoms in total. The van der Waals surface area contributed by atoms with Crippen molar-refractivity contribution in [3.05, 3.63) is 89.1 Å². The summed E-state index contributed by atoms with van der Waals surface area (Å²) in [6, 6.07) is 24.9. The second kappa shape index (κ2) is 8.32. The van der Waals surface area contributed by atoms with Crippen LogP contribution in [0.15, 0.2) is 88.3 Å². The Labute approximate surface area is 188 Å². The summed E-state index contributed by atoms with van der Waals surface area (Å²) in [4.78, 5) is 10.8. The second-order valence-electron chi connectivity index (χ2n) is 7.26. The second-order valence-corrected chi connectivity index (χ2v) is 8.44. The molecule has 0 spiro atoms. The van der Waals surface area contributed by atoms with Crippen molar-refractivity contribution in [2.24, 2.45) is 4.99 Å². The van der Waals surface area contributed by atoms with Gasteiger partial charge in [-0.2, -0.15) is 0 Å². The molecule has 0 bridgehead atoms. The SMILES string of the molecule is COc1cc(-c2cc(=Nc3nc(-c4ccccc4)c(C)s3)c3ccccc3o2)ccc1O. The molecule has 0 aliphatic carbocycles. The Morgan fingerprint density at radius 3 is 2.53 bits per heavy atom. The van der Waals surface area contributed by atoms with Crippen molar-refractivity contribution in [2.45, 2.75) is 6.92 Å². The van der Waals surface area contributed by atoms with Crippen LogP contribution in [0, 0.1) is 6.92 Å². The zero-order valence-electron chi connectivity index (χ0n) is 17.6. The van der Waals surface area contributed by atoms with Gasteiger partial charge in [0.1, 0.15) is 11.3 Å². The van der Waals surface area contributed by atoms with Gasteiger partial charge in [-0.3, -0.25) is 0 Å². The molecule has 5 aromatic rings. The zero-order chi connectivity index (χ0) is 22.1. The van der Waals surface area contributed by atoms with E-state index in [1.165, 1.54) is 7.11 Å². The van der Waals surface area contributed by atoms with Gasteiger partial charge < -0.3 is 14.3 Å². The average Bonchev–Trinajstić information content (AvgIpc) is 3.19. The molecule has 0 saturated carbocycles. The summed E-state index contributed by atoms with van der Waals surface area (Å²) < 4.78 is 11.4. The van der Waals surface area contributed by atoms with Crippen molar-refractivity contribution in [1.82, 2.24) is 4.98 Å². The number of aromatic hydroxyl groups is 1. The number of methoxy groups -OCH3 is 1. The van der Waals surface area contributed by atoms with Crippen LogP contribution in [-0.4, -0.2) is 17.2 Å². The molecule has 0 saturated heterocycles. The van der Waals surface area contributed by atoms with Crippen LogP contribution in [0.25, 0.3) is 33.6 Å². The fourth-order valence-corrected chi connectivity index (χ4v) is 4.39. The first-order chi connectivity index (χ1) is 15.6. The zero-order valence-corrected chi connectivity index (χ0v) is 18.4. The molecule has 0 aliphatic rings. The maximum atomic E-state index is 9.94. The summed E-state index contributed by atoms with van der Waals surface area (Å²) in [7, 11) is 1.52. The van der Waals surface area contributed by atoms with Crippen molar-refractivity contribution >= 4 is 27.4 Å². The van der Waals surface area contributed by atoms with Crippen LogP contribution in [0.1, 0.15) is 4.88 Å². The van der Waals surface area contributed by atoms with Gasteiger partial charge in [-0.25, -0.2) is 9.98 Å². The molecule has 1 N–H and O–H groups in total. The normalized spacial score (nSPS) is 11.8. The van der Waals surface area contributed by atoms with E-state index < -0.39 is 0 Å². The summed E-state index contributed by atoms with van der Waals surface area (Å²) in [5, 5.41) is 12.3. The van der Waals surface area contributed by atoms with Gasteiger partial charge in [0.25, 0.3) is 0 Å². The third-order valence-corrected chi connectivity index (χ3v) is 6.03. The molecule has 5 rings (SSSR count). The highest BCUT2D eigenvalue weighted by Crippen LogP contribution is 2.33. The Morgan fingerprint density at radius 1 is 0.938 bits per heavy atom. The lowest BCUT2D eigenvalue weighted by atomic mass is 10.1. The summed E-state index contributed by atoms with van der Waals surface area (Å²) in [5.41, 5.74) is 3.52. The molecule has 6 heteroatoms. The van der Waals surface area contributed by atoms with Gasteiger partial charge in [0.15, 0.2) is 11.5 Å². The first-order valence-corrected chi connectivity index (χ1v) is 10.9. The molecule has 32 heavy (non-hydrogen) atoms. The van der Waals surface area contributed by atoms with Crippen LogP contribution in [0.5, 0.6) is 11.5 Å². The molecular formula is C26H20N2O3S. The Morgan fingerprint density at radius 2 is 1.72 bits per heavy atom. The third kappa shape index (κ3) is 3.76. The van der Waals surface area contributed by atoms with Crippen molar-refractivity contribution in [3.8, 4) is 34.1 Å². The molecule has 3 aromatic carbocycles. The number of aryl methyl sites for hydroxylation is 1. The van der Waals surface area contributed by atoms with E-state index in [9.17, 15) is 5.11 Å². The molecule has 0 aliphatic heterocycles. The number of phenolic OH excluding ortho intramolecular Hbond substituents is 1. The molecular weight excluding hydrogens is 420 g/mol. The fraction of sp³-hybridized carbons (Fsp3) is 0.0769. The highest BCUT2D eigenvalue weighted by molar-refractivity contribution is 7.15. The number of thiazole rings is 1. The van der Waals surface area contributed by atoms with Crippen molar-refractivity contribution < 1.29 is 14.3 Å². The van der Waals surface area contributed by atoms with E-state index in [-0.39, 0.29) is 5.75 Å². The largest absolute Gasteiger partial charge is 0.504 e. The van der Waals surface area contributed by atoms with Gasteiger partial charge >= 0.3 is 0 Å². The topological polar surface area (TPSA) is 67.9 Å². The molecule has 0 radical (unpaired) electrons. The maximum Gasteiger partial charge on any atom is 0.210 e. The lowest BCUT2D eigenvalue weighted by Gasteiger charge is -2.08. The van der Waals surface area contributed by atoms with Gasteiger partial charge in [0.05, 0.1) is 18.2 Å². The number of rotatable bonds is 4. The predicted molar refractivity (Wildman–Crippen MR) is 127 cm³/mol. The highest BCUT2D eigenvalue weighted by atomic mass is 32.1. The lowest BCUT2D eigenvalue weighted by molar-refractivity contribution is 0.373. The predicted octanol–water partition coefficient (Wildman–Crippen LogP) is 6.48. The monoisotopic (exact) mass is 440 g/mol. The lowest BCUT2D eigenvalue weighted by Crippen LogP contribution is -2.03. The molecule has 0 unspecified atom stereocenters. The Kier molecular flexibility index (Phi) is 5.21. The van der Waals surface area contributed by atoms with E-state index in [1.807, 2.05) is 48.5 Å². The molecule has 2 heterocycles. The molecule has 2 aromatic heterocycles. The van der Waals surface area contributed by atoms with Crippen LogP contribution >= 0.6 is 11.3 Å². The number of phenols is 1. The van der Waals surface area contributed by atoms with Gasteiger partial charge in [0, 0.05) is 27.5 Å². The van der Waals surface area contributed by atoms with Crippen molar-refractivity contribution in [2.75, 3.05) is 7.11 Å². The first-order valence-electron chi connectivity index (χ1n) is 10.1. The third-order valence-electron chi connectivity index (χ3n) is 5.16. The standard InChI is InChI=1S/C26H20N2O3S/c1-16-25(17-8-4-3-5-9-17)28-26(32-16)27-20-15-23(31-22-11-7-6-10-19(20)22)18-12-13-21(29)24(14-18)30-2/h3-15,29H,1-2H3. The number of hydrogen-bond acceptors (Lipinski definition) is 6. The Bertz CT molecular complexity index is 1490. The van der Waals surface area contributed by atoms with E-state index in [4.69, 9.17) is 19.1 Å². The summed E-state index contributed by atoms with van der Waals surface area (Å²) in [5.74, 6) is 1.08. The molecule has 0 atom stereocenters. The number of nitrogens with zero attached hydrogens (tertiary/aromatic N) is 2. The number of para-hydroxylation sites is 1. The summed E-state index contributed by atoms with van der Waals surface area (Å²) >= 11 is 1.56. The molecule has 158 valence electrons. The smallest absolute Gasteiger partial charge is 0.210 e. The van der Waals surface area contributed by atoms with Crippen LogP contribution < -0.4 is 10.1 Å². The van der Waals surface area contributed by atoms with Crippen LogP contribution in [0.4, 0.5) is 5.13 Å². The number of fused-ring (bicyclic) bond motifs is 1. The van der Waals surface area contributed by atoms with E-state index in [0.717, 1.165) is 32.4 Å². The Balaban J connectivity index is 1.68. The first kappa shape index (κ1) is 20.0. The number of hydrogen-bond donors (Lipinski definition) is 1. The minimum atomic E-state index is 0.0775. The van der Waals surface area contributed by atoms with Crippen LogP contribution in [-0.2, 0) is 0 Å². The van der Waals surface area contributed by atoms with E-state index in [0.29, 0.717) is 22.2 Å². The minimum absolute atomic E-state index is 0.0775. The number of aromatic nitrogens is 1. The van der Waals surface area contributed by atoms with Crippen LogP contribution in [0.2, 0.25) is 0 Å². The summed E-state index contributed by atoms with van der Waals surface area (Å²) in [6.07, 6.45) is 0. The van der Waals surface area contributed by atoms with E-state index >= 15 is 0 Å². The summed E-state index contributed by atoms with van der Waals surface area (Å²) in [6.45, 7) is 2.06. The van der Waals surface area contributed by atoms with Crippen LogP contribution in [0.3, 0.4) is 0 Å². The molecule has 0 amide bonds. The van der Waals surface area contributed by atoms with E-state index in [2.05, 4.69) is 19.1 Å². The van der Waals surface area contributed by atoms with E-state index in [1.54, 1.807) is 29.5 Å². The van der Waals surface area contributed by atoms with Crippen molar-refractivity contribution in [3.63, 3.8) is 0 Å². The van der Waals surface area contributed by atoms with Gasteiger partial charge in [-0.15, -0.1) is 0 Å². The maximum absolute atomic E-state index is 9.94. The number of benzene rings is 3. The van der Waals surface area contributed by atoms with Gasteiger partial charge in [-0.05, 0) is 37.3 Å². The number of ether oxygens (including phenoxy) is 1. The fourth-order valence-electron chi connectivity index (χ4n) is 3.58. The highest BCUT2D eigenvalue weighted by Gasteiger charge is 2.12. The van der Waals surface area contributed by atoms with Gasteiger partial charge in [-0.1, -0.05) is 53.8 Å².